The number of para-hydroxylation sites is 4. The third kappa shape index (κ3) is 4.36. The number of nitrogens with zero attached hydrogens (tertiary/aromatic N) is 2. The average Bonchev–Trinajstić information content (AvgIpc) is 3.03. The largest absolute Gasteiger partial charge is 0.248 e. The molecule has 0 aliphatic rings. The number of fused-ring (bicyclic) bond motifs is 4. The lowest BCUT2D eigenvalue weighted by Gasteiger charge is -2.10. The molecule has 0 N–H and O–H groups in total. The Balaban J connectivity index is 0.000000132. The van der Waals surface area contributed by atoms with Crippen LogP contribution in [0.5, 0.6) is 0 Å². The Morgan fingerprint density at radius 3 is 0.800 bits per heavy atom. The first-order valence-electron chi connectivity index (χ1n) is 13.5. The van der Waals surface area contributed by atoms with Crippen molar-refractivity contribution in [2.45, 2.75) is 0 Å². The summed E-state index contributed by atoms with van der Waals surface area (Å²) in [5.74, 6) is 0. The zero-order valence-corrected chi connectivity index (χ0v) is 21.9. The summed E-state index contributed by atoms with van der Waals surface area (Å²) >= 11 is 0. The molecule has 2 nitrogen and oxygen atoms in total. The minimum atomic E-state index is 1.05. The normalized spacial score (nSPS) is 11.0. The fourth-order valence-electron chi connectivity index (χ4n) is 5.51. The van der Waals surface area contributed by atoms with Gasteiger partial charge in [-0.1, -0.05) is 133 Å². The van der Waals surface area contributed by atoms with Gasteiger partial charge in [-0.05, 0) is 35.4 Å². The summed E-state index contributed by atoms with van der Waals surface area (Å²) < 4.78 is 0. The highest BCUT2D eigenvalue weighted by atomic mass is 14.7. The fourth-order valence-corrected chi connectivity index (χ4v) is 5.51. The highest BCUT2D eigenvalue weighted by molar-refractivity contribution is 6.10. The van der Waals surface area contributed by atoms with Crippen molar-refractivity contribution in [3.63, 3.8) is 0 Å². The van der Waals surface area contributed by atoms with E-state index >= 15 is 0 Å². The van der Waals surface area contributed by atoms with Crippen LogP contribution in [0.1, 0.15) is 0 Å². The van der Waals surface area contributed by atoms with Crippen LogP contribution in [0.3, 0.4) is 0 Å². The SMILES string of the molecule is c1ccc(-c2c3ccccc3nc3ccccc23)cc1.c1ccc(-c2c3ccccc3nc3ccccc23)cc1. The molecule has 0 saturated heterocycles. The molecule has 0 spiro atoms. The predicted octanol–water partition coefficient (Wildman–Crippen LogP) is 10.1. The Kier molecular flexibility index (Phi) is 6.20. The molecule has 2 aromatic heterocycles. The van der Waals surface area contributed by atoms with Crippen molar-refractivity contribution in [3.05, 3.63) is 158 Å². The maximum atomic E-state index is 4.76. The fraction of sp³-hybridized carbons (Fsp3) is 0. The maximum Gasteiger partial charge on any atom is 0.0715 e. The molecule has 0 unspecified atom stereocenters. The summed E-state index contributed by atoms with van der Waals surface area (Å²) in [6.45, 7) is 0. The molecule has 2 heteroatoms. The van der Waals surface area contributed by atoms with Crippen molar-refractivity contribution in [2.75, 3.05) is 0 Å². The monoisotopic (exact) mass is 510 g/mol. The van der Waals surface area contributed by atoms with Gasteiger partial charge in [0.2, 0.25) is 0 Å². The van der Waals surface area contributed by atoms with E-state index in [1.165, 1.54) is 43.8 Å². The molecule has 0 aliphatic heterocycles. The lowest BCUT2D eigenvalue weighted by atomic mass is 9.96. The molecule has 0 bridgehead atoms. The van der Waals surface area contributed by atoms with E-state index in [4.69, 9.17) is 9.97 Å². The number of hydrogen-bond donors (Lipinski definition) is 0. The number of pyridine rings is 2. The molecule has 0 aliphatic carbocycles. The quantitative estimate of drug-likeness (QED) is 0.216. The van der Waals surface area contributed by atoms with E-state index in [9.17, 15) is 0 Å². The van der Waals surface area contributed by atoms with Crippen molar-refractivity contribution >= 4 is 43.6 Å². The van der Waals surface area contributed by atoms with Gasteiger partial charge in [0, 0.05) is 32.7 Å². The van der Waals surface area contributed by atoms with E-state index < -0.39 is 0 Å². The standard InChI is InChI=1S/2C19H13N/c2*1-2-8-14(9-3-1)19-15-10-4-6-12-17(15)20-18-13-7-5-11-16(18)19/h2*1-13H. The van der Waals surface area contributed by atoms with Crippen molar-refractivity contribution in [3.8, 4) is 22.3 Å². The van der Waals surface area contributed by atoms with Gasteiger partial charge in [0.25, 0.3) is 0 Å². The molecule has 2 heterocycles. The zero-order chi connectivity index (χ0) is 26.7. The second-order valence-corrected chi connectivity index (χ2v) is 9.77. The number of rotatable bonds is 2. The summed E-state index contributed by atoms with van der Waals surface area (Å²) in [6.07, 6.45) is 0. The van der Waals surface area contributed by atoms with E-state index in [1.54, 1.807) is 0 Å². The summed E-state index contributed by atoms with van der Waals surface area (Å²) in [7, 11) is 0. The van der Waals surface area contributed by atoms with Crippen molar-refractivity contribution in [1.29, 1.82) is 0 Å². The van der Waals surface area contributed by atoms with Gasteiger partial charge in [-0.15, -0.1) is 0 Å². The first-order chi connectivity index (χ1) is 19.9. The number of benzene rings is 6. The van der Waals surface area contributed by atoms with Crippen LogP contribution in [0.25, 0.3) is 65.9 Å². The van der Waals surface area contributed by atoms with Gasteiger partial charge in [-0.25, -0.2) is 9.97 Å². The molecule has 188 valence electrons. The third-order valence-electron chi connectivity index (χ3n) is 7.30. The smallest absolute Gasteiger partial charge is 0.0715 e. The van der Waals surface area contributed by atoms with Gasteiger partial charge in [-0.2, -0.15) is 0 Å². The lowest BCUT2D eigenvalue weighted by Crippen LogP contribution is -1.88. The summed E-state index contributed by atoms with van der Waals surface area (Å²) in [6, 6.07) is 54.4. The predicted molar refractivity (Wildman–Crippen MR) is 169 cm³/mol. The van der Waals surface area contributed by atoms with Crippen LogP contribution in [-0.2, 0) is 0 Å². The van der Waals surface area contributed by atoms with E-state index in [-0.39, 0.29) is 0 Å². The zero-order valence-electron chi connectivity index (χ0n) is 21.9. The molecule has 8 aromatic rings. The van der Waals surface area contributed by atoms with Crippen LogP contribution in [-0.4, -0.2) is 9.97 Å². The second kappa shape index (κ2) is 10.4. The molecule has 0 atom stereocenters. The Labute approximate surface area is 233 Å². The van der Waals surface area contributed by atoms with E-state index in [1.807, 2.05) is 24.3 Å². The van der Waals surface area contributed by atoms with E-state index in [0.29, 0.717) is 0 Å². The highest BCUT2D eigenvalue weighted by Gasteiger charge is 2.11. The minimum absolute atomic E-state index is 1.05. The Hall–Kier alpha value is -5.34. The molecule has 40 heavy (non-hydrogen) atoms. The molecule has 0 fully saturated rings. The molecule has 0 saturated carbocycles. The minimum Gasteiger partial charge on any atom is -0.248 e. The Morgan fingerprint density at radius 2 is 0.500 bits per heavy atom. The van der Waals surface area contributed by atoms with Crippen molar-refractivity contribution < 1.29 is 0 Å². The van der Waals surface area contributed by atoms with Gasteiger partial charge in [0.1, 0.15) is 0 Å². The first-order valence-corrected chi connectivity index (χ1v) is 13.5. The first kappa shape index (κ1) is 23.8. The van der Waals surface area contributed by atoms with Crippen LogP contribution in [0.15, 0.2) is 158 Å². The van der Waals surface area contributed by atoms with E-state index in [0.717, 1.165) is 22.1 Å². The molecular formula is C38H26N2. The molecular weight excluding hydrogens is 484 g/mol. The van der Waals surface area contributed by atoms with Gasteiger partial charge in [0.05, 0.1) is 22.1 Å². The topological polar surface area (TPSA) is 25.8 Å². The summed E-state index contributed by atoms with van der Waals surface area (Å²) in [5.41, 5.74) is 9.20. The van der Waals surface area contributed by atoms with Crippen LogP contribution >= 0.6 is 0 Å². The van der Waals surface area contributed by atoms with Crippen LogP contribution in [0.2, 0.25) is 0 Å². The lowest BCUT2D eigenvalue weighted by molar-refractivity contribution is 1.49. The molecule has 8 rings (SSSR count). The highest BCUT2D eigenvalue weighted by Crippen LogP contribution is 2.35. The van der Waals surface area contributed by atoms with Crippen LogP contribution < -0.4 is 0 Å². The van der Waals surface area contributed by atoms with E-state index in [2.05, 4.69) is 133 Å². The second-order valence-electron chi connectivity index (χ2n) is 9.77. The number of hydrogen-bond acceptors (Lipinski definition) is 2. The summed E-state index contributed by atoms with van der Waals surface area (Å²) in [4.78, 5) is 9.53. The van der Waals surface area contributed by atoms with Gasteiger partial charge in [0.15, 0.2) is 0 Å². The molecule has 0 amide bonds. The summed E-state index contributed by atoms with van der Waals surface area (Å²) in [5, 5.41) is 4.82. The van der Waals surface area contributed by atoms with Crippen molar-refractivity contribution in [1.82, 2.24) is 9.97 Å². The molecule has 6 aromatic carbocycles. The maximum absolute atomic E-state index is 4.76. The van der Waals surface area contributed by atoms with Crippen LogP contribution in [0.4, 0.5) is 0 Å². The van der Waals surface area contributed by atoms with Gasteiger partial charge >= 0.3 is 0 Å². The average molecular weight is 511 g/mol. The Bertz CT molecular complexity index is 1840. The van der Waals surface area contributed by atoms with Gasteiger partial charge < -0.3 is 0 Å². The third-order valence-corrected chi connectivity index (χ3v) is 7.30. The molecule has 0 radical (unpaired) electrons. The Morgan fingerprint density at radius 1 is 0.250 bits per heavy atom. The van der Waals surface area contributed by atoms with Crippen molar-refractivity contribution in [2.24, 2.45) is 0 Å². The van der Waals surface area contributed by atoms with Crippen LogP contribution in [0, 0.1) is 0 Å². The van der Waals surface area contributed by atoms with Gasteiger partial charge in [-0.3, -0.25) is 0 Å². The number of aromatic nitrogens is 2.